The number of carbonyl (C=O) groups is 8. The van der Waals surface area contributed by atoms with E-state index in [0.717, 1.165) is 25.7 Å². The Labute approximate surface area is 414 Å². The van der Waals surface area contributed by atoms with Crippen LogP contribution in [0.5, 0.6) is 0 Å². The van der Waals surface area contributed by atoms with E-state index in [9.17, 15) is 38.4 Å². The van der Waals surface area contributed by atoms with E-state index >= 15 is 0 Å². The number of nitrogens with one attached hydrogen (secondary N) is 1. The zero-order valence-electron chi connectivity index (χ0n) is 44.4. The van der Waals surface area contributed by atoms with Gasteiger partial charge < -0.3 is 38.5 Å². The Morgan fingerprint density at radius 1 is 0.457 bits per heavy atom. The number of hydrogen-bond donors (Lipinski definition) is 1. The van der Waals surface area contributed by atoms with Gasteiger partial charge in [-0.1, -0.05) is 6.08 Å². The van der Waals surface area contributed by atoms with Crippen LogP contribution in [0.25, 0.3) is 0 Å². The fourth-order valence-corrected chi connectivity index (χ4v) is 8.87. The minimum absolute atomic E-state index is 0.0944. The molecule has 7 rings (SSSR count). The predicted octanol–water partition coefficient (Wildman–Crippen LogP) is 7.10. The van der Waals surface area contributed by atoms with Gasteiger partial charge in [-0.25, -0.2) is 33.6 Å². The molecule has 5 amide bonds. The first-order valence-electron chi connectivity index (χ1n) is 24.8. The van der Waals surface area contributed by atoms with Crippen LogP contribution in [0.15, 0.2) is 12.3 Å². The van der Waals surface area contributed by atoms with E-state index in [4.69, 9.17) is 33.2 Å². The molecular weight excluding hydrogens is 911 g/mol. The van der Waals surface area contributed by atoms with Crippen LogP contribution in [0.1, 0.15) is 149 Å². The van der Waals surface area contributed by atoms with Crippen LogP contribution in [0.4, 0.5) is 19.2 Å². The highest BCUT2D eigenvalue weighted by Gasteiger charge is 2.59. The third-order valence-electron chi connectivity index (χ3n) is 11.9. The Hall–Kier alpha value is -5.30. The van der Waals surface area contributed by atoms with Gasteiger partial charge in [-0.05, 0) is 167 Å². The summed E-state index contributed by atoms with van der Waals surface area (Å²) < 4.78 is 36.2. The molecule has 0 bridgehead atoms. The Morgan fingerprint density at radius 2 is 0.757 bits per heavy atom. The first-order chi connectivity index (χ1) is 32.3. The summed E-state index contributed by atoms with van der Waals surface area (Å²) in [5.41, 5.74) is -2.17. The van der Waals surface area contributed by atoms with Crippen molar-refractivity contribution in [2.24, 2.45) is 17.8 Å². The van der Waals surface area contributed by atoms with Crippen molar-refractivity contribution >= 4 is 48.2 Å². The van der Waals surface area contributed by atoms with E-state index in [1.807, 2.05) is 62.3 Å². The minimum atomic E-state index is -0.593. The fourth-order valence-electron chi connectivity index (χ4n) is 8.87. The second-order valence-corrected chi connectivity index (χ2v) is 22.5. The molecule has 3 aliphatic carbocycles. The SMILES string of the molecule is CCOC(=O)[C@@H]1CC2CC2N1C(=O)OC(C)(C)C.CCOC(=O)[C@@H]1CC=CN1C(=O)OC(C)(C)C.CCOC(=O)[C@@H]1C[C@@H]2C[C@@H]2N1C(=O)OC(C)(C)C.CNC(=O)[C@@H]1CC2CC2N1C(=O)OC(C)(C)C. The standard InChI is InChI=1S/2C13H21NO4.C12H20N2O3.C12H19NO4/c2*1-5-17-11(15)10-7-8-6-9(8)14(10)12(16)18-13(2,3)4;1-12(2,3)17-11(16)14-8-5-7(8)6-9(14)10(15)13-4;1-5-16-10(14)9-7-6-8-13(9)11(15)17-12(2,3)4/h2*8-10H,5-7H2,1-4H3;7-9H,5-6H2,1-4H3,(H,13,15);6,8-9H,5,7H2,1-4H3/t8?,9?,10-;8-,9-,10-;7?,8?,9-;9-/m0000/s1. The van der Waals surface area contributed by atoms with Gasteiger partial charge in [0.15, 0.2) is 0 Å². The number of nitrogens with zero attached hydrogens (tertiary/aromatic N) is 4. The normalized spacial score (nSPS) is 27.5. The van der Waals surface area contributed by atoms with Gasteiger partial charge in [0.1, 0.15) is 46.6 Å². The summed E-state index contributed by atoms with van der Waals surface area (Å²) in [6.07, 6.45) is 7.27. The average Bonchev–Trinajstić information content (AvgIpc) is 4.14. The Balaban J connectivity index is 0.000000203. The maximum atomic E-state index is 12.1. The third kappa shape index (κ3) is 16.1. The molecule has 0 aromatic carbocycles. The van der Waals surface area contributed by atoms with Crippen molar-refractivity contribution in [1.29, 1.82) is 0 Å². The number of carbonyl (C=O) groups excluding carboxylic acids is 8. The Morgan fingerprint density at radius 3 is 1.07 bits per heavy atom. The topological polar surface area (TPSA) is 226 Å². The summed E-state index contributed by atoms with van der Waals surface area (Å²) >= 11 is 0. The molecular formula is C50H81N5O15. The minimum Gasteiger partial charge on any atom is -0.464 e. The van der Waals surface area contributed by atoms with Crippen molar-refractivity contribution in [3.05, 3.63) is 12.3 Å². The summed E-state index contributed by atoms with van der Waals surface area (Å²) in [5.74, 6) is 0.279. The van der Waals surface area contributed by atoms with Gasteiger partial charge in [-0.2, -0.15) is 0 Å². The summed E-state index contributed by atoms with van der Waals surface area (Å²) in [4.78, 5) is 101. The van der Waals surface area contributed by atoms with Crippen LogP contribution < -0.4 is 5.32 Å². The van der Waals surface area contributed by atoms with Gasteiger partial charge in [-0.3, -0.25) is 24.4 Å². The van der Waals surface area contributed by atoms with E-state index in [-0.39, 0.29) is 48.1 Å². The first kappa shape index (κ1) is 57.3. The van der Waals surface area contributed by atoms with Gasteiger partial charge >= 0.3 is 42.3 Å². The molecule has 70 heavy (non-hydrogen) atoms. The summed E-state index contributed by atoms with van der Waals surface area (Å²) in [5, 5.41) is 2.61. The van der Waals surface area contributed by atoms with Gasteiger partial charge in [0.2, 0.25) is 5.91 Å². The molecule has 0 spiro atoms. The van der Waals surface area contributed by atoms with Crippen molar-refractivity contribution in [2.75, 3.05) is 26.9 Å². The first-order valence-corrected chi connectivity index (χ1v) is 24.8. The smallest absolute Gasteiger partial charge is 0.415 e. The average molecular weight is 992 g/mol. The molecule has 7 aliphatic rings. The number of rotatable bonds is 7. The number of piperidine rings is 3. The predicted molar refractivity (Wildman–Crippen MR) is 255 cm³/mol. The van der Waals surface area contributed by atoms with E-state index in [0.29, 0.717) is 56.8 Å². The van der Waals surface area contributed by atoms with E-state index in [1.54, 1.807) is 75.6 Å². The molecule has 10 atom stereocenters. The van der Waals surface area contributed by atoms with E-state index in [1.165, 1.54) is 4.90 Å². The van der Waals surface area contributed by atoms with Gasteiger partial charge in [-0.15, -0.1) is 0 Å². The highest BCUT2D eigenvalue weighted by molar-refractivity contribution is 5.87. The molecule has 6 fully saturated rings. The zero-order valence-corrected chi connectivity index (χ0v) is 44.4. The lowest BCUT2D eigenvalue weighted by Gasteiger charge is -2.29. The van der Waals surface area contributed by atoms with E-state index < -0.39 is 64.8 Å². The van der Waals surface area contributed by atoms with Crippen molar-refractivity contribution in [2.45, 2.75) is 213 Å². The second kappa shape index (κ2) is 22.8. The molecule has 396 valence electrons. The lowest BCUT2D eigenvalue weighted by atomic mass is 10.1. The molecule has 4 heterocycles. The molecule has 4 unspecified atom stereocenters. The molecule has 4 aliphatic heterocycles. The molecule has 0 aromatic heterocycles. The van der Waals surface area contributed by atoms with Crippen molar-refractivity contribution in [3.8, 4) is 0 Å². The monoisotopic (exact) mass is 992 g/mol. The van der Waals surface area contributed by atoms with Crippen molar-refractivity contribution in [1.82, 2.24) is 24.9 Å². The molecule has 20 heteroatoms. The number of fused-ring (bicyclic) bond motifs is 3. The number of ether oxygens (including phenoxy) is 7. The maximum Gasteiger partial charge on any atom is 0.415 e. The molecule has 3 saturated carbocycles. The molecule has 0 aromatic rings. The highest BCUT2D eigenvalue weighted by atomic mass is 16.6. The van der Waals surface area contributed by atoms with Gasteiger partial charge in [0.25, 0.3) is 0 Å². The summed E-state index contributed by atoms with van der Waals surface area (Å²) in [6.45, 7) is 28.0. The second-order valence-electron chi connectivity index (χ2n) is 22.5. The summed E-state index contributed by atoms with van der Waals surface area (Å²) in [6, 6.07) is -1.29. The lowest BCUT2D eigenvalue weighted by molar-refractivity contribution is -0.149. The quantitative estimate of drug-likeness (QED) is 0.198. The highest BCUT2D eigenvalue weighted by Crippen LogP contribution is 2.50. The van der Waals surface area contributed by atoms with Crippen LogP contribution in [0, 0.1) is 17.8 Å². The molecule has 0 radical (unpaired) electrons. The Kier molecular flexibility index (Phi) is 18.7. The van der Waals surface area contributed by atoms with Crippen LogP contribution in [0.2, 0.25) is 0 Å². The lowest BCUT2D eigenvalue weighted by Crippen LogP contribution is -2.48. The maximum absolute atomic E-state index is 12.1. The van der Waals surface area contributed by atoms with Gasteiger partial charge in [0.05, 0.1) is 19.8 Å². The third-order valence-corrected chi connectivity index (χ3v) is 11.9. The van der Waals surface area contributed by atoms with Gasteiger partial charge in [0, 0.05) is 31.4 Å². The zero-order chi connectivity index (χ0) is 52.8. The number of esters is 3. The van der Waals surface area contributed by atoms with Crippen LogP contribution in [-0.4, -0.2) is 159 Å². The molecule has 3 saturated heterocycles. The number of amides is 5. The fraction of sp³-hybridized carbons (Fsp3) is 0.800. The van der Waals surface area contributed by atoms with Crippen LogP contribution in [0.3, 0.4) is 0 Å². The number of hydrogen-bond acceptors (Lipinski definition) is 15. The Bertz CT molecular complexity index is 1880. The summed E-state index contributed by atoms with van der Waals surface area (Å²) in [7, 11) is 1.60. The largest absolute Gasteiger partial charge is 0.464 e. The molecule has 1 N–H and O–H groups in total. The van der Waals surface area contributed by atoms with Crippen molar-refractivity contribution < 1.29 is 71.5 Å². The number of likely N-dealkylation sites (N-methyl/N-ethyl adjacent to an activating group) is 1. The van der Waals surface area contributed by atoms with Crippen molar-refractivity contribution in [3.63, 3.8) is 0 Å². The van der Waals surface area contributed by atoms with Crippen LogP contribution in [-0.2, 0) is 52.3 Å². The number of likely N-dealkylation sites (tertiary alicyclic amines) is 3. The van der Waals surface area contributed by atoms with E-state index in [2.05, 4.69) is 5.32 Å². The molecule has 20 nitrogen and oxygen atoms in total. The van der Waals surface area contributed by atoms with Crippen LogP contribution >= 0.6 is 0 Å².